The van der Waals surface area contributed by atoms with E-state index in [0.29, 0.717) is 47.8 Å². The van der Waals surface area contributed by atoms with Crippen molar-refractivity contribution in [1.82, 2.24) is 15.3 Å². The highest BCUT2D eigenvalue weighted by atomic mass is 16.3. The SMILES string of the molecule is Cc1cc(C)c(CNC(=O)c2cc(N3CCC(O)C3)nc(NC(C)C)c2C=N)c(=O)[nH]1. The molecule has 31 heavy (non-hydrogen) atoms. The van der Waals surface area contributed by atoms with E-state index in [-0.39, 0.29) is 18.1 Å². The standard InChI is InChI=1S/C22H30N6O3/c1-12(2)25-20-17(9-23)16(8-19(27-20)28-6-5-15(29)11-28)21(30)24-10-18-13(3)7-14(4)26-22(18)31/h7-9,12,15,23,29H,5-6,10-11H2,1-4H3,(H,24,30)(H,25,27)(H,26,31). The fraction of sp³-hybridized carbons (Fsp3) is 0.455. The molecule has 1 amide bonds. The Bertz CT molecular complexity index is 1050. The molecule has 1 aliphatic heterocycles. The zero-order valence-electron chi connectivity index (χ0n) is 18.4. The fourth-order valence-corrected chi connectivity index (χ4v) is 3.74. The van der Waals surface area contributed by atoms with Gasteiger partial charge >= 0.3 is 0 Å². The molecule has 1 fully saturated rings. The number of nitrogens with one attached hydrogen (secondary N) is 4. The number of carbonyl (C=O) groups excluding carboxylic acids is 1. The van der Waals surface area contributed by atoms with Crippen LogP contribution in [0.1, 0.15) is 53.0 Å². The van der Waals surface area contributed by atoms with E-state index in [4.69, 9.17) is 5.41 Å². The number of H-pyrrole nitrogens is 1. The minimum atomic E-state index is -0.431. The molecule has 0 aromatic carbocycles. The summed E-state index contributed by atoms with van der Waals surface area (Å²) >= 11 is 0. The maximum Gasteiger partial charge on any atom is 0.253 e. The number of aryl methyl sites for hydroxylation is 2. The predicted molar refractivity (Wildman–Crippen MR) is 121 cm³/mol. The lowest BCUT2D eigenvalue weighted by Gasteiger charge is -2.22. The molecule has 2 aromatic rings. The first-order valence-corrected chi connectivity index (χ1v) is 10.4. The first kappa shape index (κ1) is 22.5. The number of aliphatic hydroxyl groups excluding tert-OH is 1. The number of amides is 1. The van der Waals surface area contributed by atoms with Crippen molar-refractivity contribution in [2.24, 2.45) is 0 Å². The first-order chi connectivity index (χ1) is 14.7. The Morgan fingerprint density at radius 1 is 1.42 bits per heavy atom. The number of aromatic amines is 1. The van der Waals surface area contributed by atoms with Gasteiger partial charge in [0.15, 0.2) is 0 Å². The number of aliphatic hydroxyl groups is 1. The lowest BCUT2D eigenvalue weighted by molar-refractivity contribution is 0.0950. The summed E-state index contributed by atoms with van der Waals surface area (Å²) in [5.41, 5.74) is 2.51. The molecule has 5 N–H and O–H groups in total. The van der Waals surface area contributed by atoms with Gasteiger partial charge in [-0.1, -0.05) is 0 Å². The van der Waals surface area contributed by atoms with E-state index in [0.717, 1.165) is 17.5 Å². The van der Waals surface area contributed by atoms with Crippen LogP contribution in [0.3, 0.4) is 0 Å². The van der Waals surface area contributed by atoms with Crippen molar-refractivity contribution < 1.29 is 9.90 Å². The Morgan fingerprint density at radius 2 is 2.16 bits per heavy atom. The van der Waals surface area contributed by atoms with Crippen LogP contribution in [0.4, 0.5) is 11.6 Å². The van der Waals surface area contributed by atoms with Gasteiger partial charge in [-0.15, -0.1) is 0 Å². The summed E-state index contributed by atoms with van der Waals surface area (Å²) in [6.45, 7) is 8.70. The number of pyridine rings is 2. The van der Waals surface area contributed by atoms with Crippen molar-refractivity contribution in [3.05, 3.63) is 50.4 Å². The lowest BCUT2D eigenvalue weighted by Crippen LogP contribution is -2.30. The summed E-state index contributed by atoms with van der Waals surface area (Å²) in [7, 11) is 0. The van der Waals surface area contributed by atoms with Gasteiger partial charge in [0, 0.05) is 48.7 Å². The van der Waals surface area contributed by atoms with Crippen molar-refractivity contribution in [1.29, 1.82) is 5.41 Å². The minimum absolute atomic E-state index is 0.0512. The number of β-amino-alcohol motifs (C(OH)–C–C–N with tert-alkyl or cyclic N) is 1. The van der Waals surface area contributed by atoms with Crippen LogP contribution in [0.5, 0.6) is 0 Å². The Hall–Kier alpha value is -3.20. The monoisotopic (exact) mass is 426 g/mol. The second-order valence-corrected chi connectivity index (χ2v) is 8.25. The van der Waals surface area contributed by atoms with E-state index in [1.807, 2.05) is 38.7 Å². The summed E-state index contributed by atoms with van der Waals surface area (Å²) in [5.74, 6) is 0.617. The molecule has 1 aliphatic rings. The van der Waals surface area contributed by atoms with E-state index in [2.05, 4.69) is 20.6 Å². The van der Waals surface area contributed by atoms with Gasteiger partial charge in [-0.2, -0.15) is 0 Å². The summed E-state index contributed by atoms with van der Waals surface area (Å²) in [6, 6.07) is 3.56. The Kier molecular flexibility index (Phi) is 6.74. The zero-order valence-corrected chi connectivity index (χ0v) is 18.4. The molecule has 1 unspecified atom stereocenters. The van der Waals surface area contributed by atoms with Crippen LogP contribution in [0.15, 0.2) is 16.9 Å². The third kappa shape index (κ3) is 5.11. The van der Waals surface area contributed by atoms with Gasteiger partial charge in [0.1, 0.15) is 11.6 Å². The highest BCUT2D eigenvalue weighted by Crippen LogP contribution is 2.26. The van der Waals surface area contributed by atoms with Crippen LogP contribution in [0, 0.1) is 19.3 Å². The predicted octanol–water partition coefficient (Wildman–Crippen LogP) is 1.71. The van der Waals surface area contributed by atoms with Crippen molar-refractivity contribution >= 4 is 23.8 Å². The molecule has 166 valence electrons. The topological polar surface area (TPSA) is 134 Å². The van der Waals surface area contributed by atoms with E-state index in [1.54, 1.807) is 6.07 Å². The van der Waals surface area contributed by atoms with Gasteiger partial charge in [0.25, 0.3) is 11.5 Å². The fourth-order valence-electron chi connectivity index (χ4n) is 3.74. The molecule has 1 atom stereocenters. The second kappa shape index (κ2) is 9.30. The van der Waals surface area contributed by atoms with Gasteiger partial charge in [-0.3, -0.25) is 9.59 Å². The Balaban J connectivity index is 1.95. The van der Waals surface area contributed by atoms with Crippen molar-refractivity contribution in [2.45, 2.75) is 52.8 Å². The Morgan fingerprint density at radius 3 is 2.74 bits per heavy atom. The molecule has 3 heterocycles. The number of rotatable bonds is 7. The number of hydrogen-bond acceptors (Lipinski definition) is 7. The number of nitrogens with zero attached hydrogens (tertiary/aromatic N) is 2. The lowest BCUT2D eigenvalue weighted by atomic mass is 10.1. The largest absolute Gasteiger partial charge is 0.391 e. The summed E-state index contributed by atoms with van der Waals surface area (Å²) in [4.78, 5) is 34.7. The molecule has 3 rings (SSSR count). The van der Waals surface area contributed by atoms with Crippen LogP contribution < -0.4 is 21.1 Å². The maximum atomic E-state index is 13.1. The smallest absolute Gasteiger partial charge is 0.253 e. The quantitative estimate of drug-likeness (QED) is 0.428. The number of aromatic nitrogens is 2. The van der Waals surface area contributed by atoms with Crippen LogP contribution in [-0.2, 0) is 6.54 Å². The molecule has 2 aromatic heterocycles. The van der Waals surface area contributed by atoms with Gasteiger partial charge in [0.05, 0.1) is 11.7 Å². The summed E-state index contributed by atoms with van der Waals surface area (Å²) in [6.07, 6.45) is 1.32. The molecule has 1 saturated heterocycles. The van der Waals surface area contributed by atoms with Gasteiger partial charge in [0.2, 0.25) is 0 Å². The van der Waals surface area contributed by atoms with Crippen LogP contribution in [0.25, 0.3) is 0 Å². The van der Waals surface area contributed by atoms with Gasteiger partial charge in [-0.05, 0) is 51.8 Å². The van der Waals surface area contributed by atoms with Crippen LogP contribution in [0.2, 0.25) is 0 Å². The van der Waals surface area contributed by atoms with E-state index in [9.17, 15) is 14.7 Å². The summed E-state index contributed by atoms with van der Waals surface area (Å²) < 4.78 is 0. The van der Waals surface area contributed by atoms with Crippen molar-refractivity contribution in [2.75, 3.05) is 23.3 Å². The number of carbonyl (C=O) groups is 1. The normalized spacial score (nSPS) is 15.9. The molecule has 0 radical (unpaired) electrons. The Labute approximate surface area is 181 Å². The molecule has 9 nitrogen and oxygen atoms in total. The van der Waals surface area contributed by atoms with E-state index < -0.39 is 12.0 Å². The molecular formula is C22H30N6O3. The average molecular weight is 427 g/mol. The minimum Gasteiger partial charge on any atom is -0.391 e. The molecule has 9 heteroatoms. The summed E-state index contributed by atoms with van der Waals surface area (Å²) in [5, 5.41) is 23.8. The maximum absolute atomic E-state index is 13.1. The highest BCUT2D eigenvalue weighted by molar-refractivity contribution is 6.05. The average Bonchev–Trinajstić information content (AvgIpc) is 3.12. The number of hydrogen-bond donors (Lipinski definition) is 5. The first-order valence-electron chi connectivity index (χ1n) is 10.4. The van der Waals surface area contributed by atoms with E-state index >= 15 is 0 Å². The van der Waals surface area contributed by atoms with Crippen molar-refractivity contribution in [3.63, 3.8) is 0 Å². The molecule has 0 aliphatic carbocycles. The number of anilines is 2. The van der Waals surface area contributed by atoms with Crippen LogP contribution >= 0.6 is 0 Å². The second-order valence-electron chi connectivity index (χ2n) is 8.25. The molecule has 0 bridgehead atoms. The highest BCUT2D eigenvalue weighted by Gasteiger charge is 2.25. The van der Waals surface area contributed by atoms with E-state index in [1.165, 1.54) is 0 Å². The zero-order chi connectivity index (χ0) is 22.7. The third-order valence-corrected chi connectivity index (χ3v) is 5.27. The molecule has 0 saturated carbocycles. The van der Waals surface area contributed by atoms with Gasteiger partial charge in [-0.25, -0.2) is 4.98 Å². The van der Waals surface area contributed by atoms with Gasteiger partial charge < -0.3 is 31.0 Å². The third-order valence-electron chi connectivity index (χ3n) is 5.27. The molecular weight excluding hydrogens is 396 g/mol. The van der Waals surface area contributed by atoms with Crippen molar-refractivity contribution in [3.8, 4) is 0 Å². The van der Waals surface area contributed by atoms with Crippen LogP contribution in [-0.4, -0.2) is 52.4 Å². The molecule has 0 spiro atoms.